The fraction of sp³-hybridized carbons (Fsp3) is 0.381. The van der Waals surface area contributed by atoms with Gasteiger partial charge in [0.15, 0.2) is 0 Å². The van der Waals surface area contributed by atoms with E-state index in [1.165, 1.54) is 10.9 Å². The number of carbonyl (C=O) groups excluding carboxylic acids is 1. The molecule has 0 atom stereocenters. The molecule has 0 spiro atoms. The van der Waals surface area contributed by atoms with Crippen molar-refractivity contribution in [2.24, 2.45) is 0 Å². The van der Waals surface area contributed by atoms with Crippen LogP contribution < -0.4 is 15.6 Å². The van der Waals surface area contributed by atoms with Gasteiger partial charge >= 0.3 is 0 Å². The molecule has 1 N–H and O–H groups in total. The lowest BCUT2D eigenvalue weighted by atomic mass is 10.2. The number of fused-ring (bicyclic) bond motifs is 1. The van der Waals surface area contributed by atoms with Gasteiger partial charge in [-0.15, -0.1) is 0 Å². The van der Waals surface area contributed by atoms with E-state index < -0.39 is 0 Å². The number of nitrogens with one attached hydrogen (secondary N) is 1. The molecule has 3 aromatic rings. The van der Waals surface area contributed by atoms with Crippen LogP contribution in [0.2, 0.25) is 0 Å². The molecule has 0 aliphatic carbocycles. The third-order valence-electron chi connectivity index (χ3n) is 4.52. The van der Waals surface area contributed by atoms with Crippen molar-refractivity contribution in [1.29, 1.82) is 0 Å². The van der Waals surface area contributed by atoms with Gasteiger partial charge in [-0.3, -0.25) is 14.2 Å². The zero-order chi connectivity index (χ0) is 20.3. The van der Waals surface area contributed by atoms with Crippen LogP contribution in [0.15, 0.2) is 39.8 Å². The molecule has 3 rings (SSSR count). The van der Waals surface area contributed by atoms with Crippen LogP contribution in [-0.2, 0) is 17.9 Å². The Bertz CT molecular complexity index is 1030. The van der Waals surface area contributed by atoms with E-state index in [1.54, 1.807) is 6.92 Å². The van der Waals surface area contributed by atoms with Crippen molar-refractivity contribution in [3.8, 4) is 5.75 Å². The average molecular weight is 383 g/mol. The molecule has 28 heavy (non-hydrogen) atoms. The number of hydrogen-bond acceptors (Lipinski definition) is 5. The van der Waals surface area contributed by atoms with E-state index in [4.69, 9.17) is 9.15 Å². The lowest BCUT2D eigenvalue weighted by Gasteiger charge is -2.10. The lowest BCUT2D eigenvalue weighted by molar-refractivity contribution is -0.121. The highest BCUT2D eigenvalue weighted by molar-refractivity contribution is 5.77. The second-order valence-corrected chi connectivity index (χ2v) is 7.04. The molecule has 2 aromatic heterocycles. The summed E-state index contributed by atoms with van der Waals surface area (Å²) in [5, 5.41) is 3.34. The molecular weight excluding hydrogens is 358 g/mol. The van der Waals surface area contributed by atoms with E-state index >= 15 is 0 Å². The van der Waals surface area contributed by atoms with Gasteiger partial charge in [-0.05, 0) is 45.4 Å². The molecule has 0 unspecified atom stereocenters. The van der Waals surface area contributed by atoms with Crippen LogP contribution in [0.3, 0.4) is 0 Å². The summed E-state index contributed by atoms with van der Waals surface area (Å²) in [6.45, 7) is 8.27. The molecule has 1 amide bonds. The monoisotopic (exact) mass is 383 g/mol. The van der Waals surface area contributed by atoms with Gasteiger partial charge in [-0.2, -0.15) is 0 Å². The minimum Gasteiger partial charge on any atom is -0.491 e. The first-order chi connectivity index (χ1) is 13.3. The second-order valence-electron chi connectivity index (χ2n) is 7.04. The fourth-order valence-corrected chi connectivity index (χ4v) is 2.90. The zero-order valence-electron chi connectivity index (χ0n) is 16.6. The number of benzene rings is 1. The van der Waals surface area contributed by atoms with Crippen molar-refractivity contribution < 1.29 is 13.9 Å². The number of aromatic nitrogens is 2. The largest absolute Gasteiger partial charge is 0.491 e. The van der Waals surface area contributed by atoms with Gasteiger partial charge in [0, 0.05) is 25.1 Å². The highest BCUT2D eigenvalue weighted by Gasteiger charge is 2.14. The first-order valence-corrected chi connectivity index (χ1v) is 9.32. The Morgan fingerprint density at radius 3 is 2.64 bits per heavy atom. The van der Waals surface area contributed by atoms with Crippen LogP contribution in [0.5, 0.6) is 5.75 Å². The number of nitrogens with zero attached hydrogens (tertiary/aromatic N) is 2. The highest BCUT2D eigenvalue weighted by atomic mass is 16.5. The maximum atomic E-state index is 12.6. The Hall–Kier alpha value is -3.09. The molecule has 1 aromatic carbocycles. The third kappa shape index (κ3) is 4.42. The second kappa shape index (κ2) is 8.29. The SMILES string of the molecule is Cc1oc2ncn(CCC(=O)NCc3ccc(OC(C)C)cc3)c(=O)c2c1C. The van der Waals surface area contributed by atoms with E-state index in [1.807, 2.05) is 45.0 Å². The minimum absolute atomic E-state index is 0.123. The lowest BCUT2D eigenvalue weighted by Crippen LogP contribution is -2.27. The molecule has 0 saturated carbocycles. The quantitative estimate of drug-likeness (QED) is 0.677. The van der Waals surface area contributed by atoms with Gasteiger partial charge in [0.25, 0.3) is 5.56 Å². The summed E-state index contributed by atoms with van der Waals surface area (Å²) in [6, 6.07) is 7.61. The molecular formula is C21H25N3O4. The summed E-state index contributed by atoms with van der Waals surface area (Å²) in [4.78, 5) is 28.9. The van der Waals surface area contributed by atoms with Crippen molar-refractivity contribution in [1.82, 2.24) is 14.9 Å². The van der Waals surface area contributed by atoms with Crippen LogP contribution in [0.1, 0.15) is 37.2 Å². The van der Waals surface area contributed by atoms with Crippen LogP contribution >= 0.6 is 0 Å². The van der Waals surface area contributed by atoms with E-state index in [-0.39, 0.29) is 30.5 Å². The summed E-state index contributed by atoms with van der Waals surface area (Å²) >= 11 is 0. The van der Waals surface area contributed by atoms with Gasteiger partial charge in [-0.25, -0.2) is 4.98 Å². The predicted molar refractivity (Wildman–Crippen MR) is 106 cm³/mol. The molecule has 2 heterocycles. The topological polar surface area (TPSA) is 86.4 Å². The summed E-state index contributed by atoms with van der Waals surface area (Å²) in [7, 11) is 0. The van der Waals surface area contributed by atoms with Crippen LogP contribution in [-0.4, -0.2) is 21.6 Å². The summed E-state index contributed by atoms with van der Waals surface area (Å²) in [5.41, 5.74) is 1.92. The number of rotatable bonds is 7. The van der Waals surface area contributed by atoms with Gasteiger partial charge in [0.2, 0.25) is 11.6 Å². The molecule has 0 aliphatic heterocycles. The molecule has 7 nitrogen and oxygen atoms in total. The number of ether oxygens (including phenoxy) is 1. The number of hydrogen-bond donors (Lipinski definition) is 1. The van der Waals surface area contributed by atoms with E-state index in [9.17, 15) is 9.59 Å². The van der Waals surface area contributed by atoms with Crippen molar-refractivity contribution in [3.05, 3.63) is 57.8 Å². The van der Waals surface area contributed by atoms with Crippen molar-refractivity contribution in [2.75, 3.05) is 0 Å². The predicted octanol–water partition coefficient (Wildman–Crippen LogP) is 3.10. The van der Waals surface area contributed by atoms with E-state index in [0.717, 1.165) is 16.9 Å². The number of carbonyl (C=O) groups is 1. The molecule has 0 radical (unpaired) electrons. The van der Waals surface area contributed by atoms with Crippen LogP contribution in [0.25, 0.3) is 11.1 Å². The summed E-state index contributed by atoms with van der Waals surface area (Å²) in [5.74, 6) is 1.35. The summed E-state index contributed by atoms with van der Waals surface area (Å²) in [6.07, 6.45) is 1.74. The molecule has 148 valence electrons. The Morgan fingerprint density at radius 2 is 1.96 bits per heavy atom. The molecule has 7 heteroatoms. The van der Waals surface area contributed by atoms with Crippen molar-refractivity contribution in [3.63, 3.8) is 0 Å². The maximum absolute atomic E-state index is 12.6. The Balaban J connectivity index is 1.56. The Labute approximate surface area is 163 Å². The molecule has 0 fully saturated rings. The number of aryl methyl sites for hydroxylation is 3. The van der Waals surface area contributed by atoms with E-state index in [0.29, 0.717) is 23.4 Å². The normalized spacial score (nSPS) is 11.2. The number of amides is 1. The zero-order valence-corrected chi connectivity index (χ0v) is 16.6. The fourth-order valence-electron chi connectivity index (χ4n) is 2.90. The standard InChI is InChI=1S/C21H25N3O4/c1-13(2)27-17-7-5-16(6-8-17)11-22-18(25)9-10-24-12-23-20-19(21(24)26)14(3)15(4)28-20/h5-8,12-13H,9-11H2,1-4H3,(H,22,25). The minimum atomic E-state index is -0.187. The Morgan fingerprint density at radius 1 is 1.25 bits per heavy atom. The third-order valence-corrected chi connectivity index (χ3v) is 4.52. The van der Waals surface area contributed by atoms with Crippen LogP contribution in [0.4, 0.5) is 0 Å². The molecule has 0 bridgehead atoms. The van der Waals surface area contributed by atoms with Gasteiger partial charge in [0.05, 0.1) is 6.10 Å². The van der Waals surface area contributed by atoms with Gasteiger partial charge in [-0.1, -0.05) is 12.1 Å². The number of furan rings is 1. The van der Waals surface area contributed by atoms with Gasteiger partial charge < -0.3 is 14.5 Å². The van der Waals surface area contributed by atoms with Gasteiger partial charge in [0.1, 0.15) is 23.2 Å². The van der Waals surface area contributed by atoms with Crippen molar-refractivity contribution in [2.45, 2.75) is 53.3 Å². The molecule has 0 aliphatic rings. The summed E-state index contributed by atoms with van der Waals surface area (Å²) < 4.78 is 12.5. The smallest absolute Gasteiger partial charge is 0.264 e. The first-order valence-electron chi connectivity index (χ1n) is 9.32. The highest BCUT2D eigenvalue weighted by Crippen LogP contribution is 2.19. The Kier molecular flexibility index (Phi) is 5.82. The van der Waals surface area contributed by atoms with Crippen molar-refractivity contribution >= 4 is 17.0 Å². The molecule has 0 saturated heterocycles. The average Bonchev–Trinajstić information content (AvgIpc) is 2.95. The van der Waals surface area contributed by atoms with E-state index in [2.05, 4.69) is 10.3 Å². The van der Waals surface area contributed by atoms with Crippen LogP contribution in [0, 0.1) is 13.8 Å². The first kappa shape index (κ1) is 19.7. The maximum Gasteiger partial charge on any atom is 0.264 e.